The van der Waals surface area contributed by atoms with Crippen molar-refractivity contribution in [3.63, 3.8) is 0 Å². The Labute approximate surface area is 143 Å². The molecule has 0 fully saturated rings. The fraction of sp³-hybridized carbons (Fsp3) is 0.176. The molecule has 3 aromatic rings. The molecule has 0 saturated heterocycles. The second kappa shape index (κ2) is 6.56. The molecule has 1 N–H and O–H groups in total. The normalized spacial score (nSPS) is 10.7. The van der Waals surface area contributed by atoms with Crippen molar-refractivity contribution in [2.75, 3.05) is 0 Å². The topological polar surface area (TPSA) is 46.9 Å². The standard InChI is InChI=1S/C17H16ClN3OS/c1-11-3-5-14(6-4-11)21-10-13(20-12(21)2)9-19-17(22)15-7-8-16(18)23-15/h3-8,10H,9H2,1-2H3,(H,19,22). The lowest BCUT2D eigenvalue weighted by molar-refractivity contribution is 0.0954. The van der Waals surface area contributed by atoms with Crippen LogP contribution in [-0.4, -0.2) is 15.5 Å². The van der Waals surface area contributed by atoms with E-state index in [4.69, 9.17) is 11.6 Å². The summed E-state index contributed by atoms with van der Waals surface area (Å²) in [5.74, 6) is 0.752. The number of nitrogens with one attached hydrogen (secondary N) is 1. The number of halogens is 1. The lowest BCUT2D eigenvalue weighted by Crippen LogP contribution is -2.21. The summed E-state index contributed by atoms with van der Waals surface area (Å²) in [6.07, 6.45) is 1.95. The van der Waals surface area contributed by atoms with Gasteiger partial charge in [0.05, 0.1) is 21.5 Å². The highest BCUT2D eigenvalue weighted by molar-refractivity contribution is 7.17. The lowest BCUT2D eigenvalue weighted by atomic mass is 10.2. The fourth-order valence-electron chi connectivity index (χ4n) is 2.28. The van der Waals surface area contributed by atoms with E-state index >= 15 is 0 Å². The molecule has 0 aliphatic rings. The number of thiophene rings is 1. The van der Waals surface area contributed by atoms with Gasteiger partial charge in [0.2, 0.25) is 0 Å². The average Bonchev–Trinajstić information content (AvgIpc) is 3.12. The number of nitrogens with zero attached hydrogens (tertiary/aromatic N) is 2. The smallest absolute Gasteiger partial charge is 0.261 e. The first kappa shape index (κ1) is 15.8. The molecule has 0 aliphatic carbocycles. The third-order valence-corrected chi connectivity index (χ3v) is 4.70. The van der Waals surface area contributed by atoms with Crippen LogP contribution in [0.15, 0.2) is 42.6 Å². The van der Waals surface area contributed by atoms with E-state index in [1.54, 1.807) is 12.1 Å². The Morgan fingerprint density at radius 2 is 1.96 bits per heavy atom. The van der Waals surface area contributed by atoms with Crippen molar-refractivity contribution in [2.45, 2.75) is 20.4 Å². The highest BCUT2D eigenvalue weighted by Gasteiger charge is 2.10. The number of hydrogen-bond acceptors (Lipinski definition) is 3. The largest absolute Gasteiger partial charge is 0.346 e. The van der Waals surface area contributed by atoms with Gasteiger partial charge < -0.3 is 9.88 Å². The van der Waals surface area contributed by atoms with Crippen molar-refractivity contribution in [2.24, 2.45) is 0 Å². The number of rotatable bonds is 4. The van der Waals surface area contributed by atoms with Crippen LogP contribution in [0.5, 0.6) is 0 Å². The van der Waals surface area contributed by atoms with E-state index in [0.29, 0.717) is 15.8 Å². The molecular weight excluding hydrogens is 330 g/mol. The SMILES string of the molecule is Cc1ccc(-n2cc(CNC(=O)c3ccc(Cl)s3)nc2C)cc1. The molecular formula is C17H16ClN3OS. The summed E-state index contributed by atoms with van der Waals surface area (Å²) in [6, 6.07) is 11.7. The van der Waals surface area contributed by atoms with E-state index in [-0.39, 0.29) is 5.91 Å². The Bertz CT molecular complexity index is 836. The quantitative estimate of drug-likeness (QED) is 0.772. The minimum Gasteiger partial charge on any atom is -0.346 e. The predicted molar refractivity (Wildman–Crippen MR) is 93.5 cm³/mol. The Morgan fingerprint density at radius 1 is 1.22 bits per heavy atom. The van der Waals surface area contributed by atoms with E-state index in [1.165, 1.54) is 16.9 Å². The lowest BCUT2D eigenvalue weighted by Gasteiger charge is -2.04. The van der Waals surface area contributed by atoms with Crippen LogP contribution in [0.3, 0.4) is 0 Å². The summed E-state index contributed by atoms with van der Waals surface area (Å²) in [5.41, 5.74) is 3.09. The molecule has 4 nitrogen and oxygen atoms in total. The van der Waals surface area contributed by atoms with Crippen LogP contribution in [0, 0.1) is 13.8 Å². The van der Waals surface area contributed by atoms with Gasteiger partial charge in [-0.25, -0.2) is 4.98 Å². The Hall–Kier alpha value is -2.11. The molecule has 0 atom stereocenters. The van der Waals surface area contributed by atoms with Crippen molar-refractivity contribution in [3.05, 3.63) is 68.9 Å². The first-order chi connectivity index (χ1) is 11.0. The molecule has 1 aromatic carbocycles. The van der Waals surface area contributed by atoms with E-state index < -0.39 is 0 Å². The Morgan fingerprint density at radius 3 is 2.61 bits per heavy atom. The third kappa shape index (κ3) is 3.63. The molecule has 2 aromatic heterocycles. The van der Waals surface area contributed by atoms with Gasteiger partial charge in [0.1, 0.15) is 5.82 Å². The van der Waals surface area contributed by atoms with Gasteiger partial charge in [-0.2, -0.15) is 0 Å². The first-order valence-corrected chi connectivity index (χ1v) is 8.38. The second-order valence-corrected chi connectivity index (χ2v) is 6.99. The maximum Gasteiger partial charge on any atom is 0.261 e. The number of carbonyl (C=O) groups excluding carboxylic acids is 1. The molecule has 0 bridgehead atoms. The molecule has 1 amide bonds. The third-order valence-electron chi connectivity index (χ3n) is 3.47. The van der Waals surface area contributed by atoms with Gasteiger partial charge in [0.15, 0.2) is 0 Å². The molecule has 23 heavy (non-hydrogen) atoms. The number of aromatic nitrogens is 2. The van der Waals surface area contributed by atoms with Gasteiger partial charge in [-0.05, 0) is 38.1 Å². The van der Waals surface area contributed by atoms with Crippen LogP contribution in [-0.2, 0) is 6.54 Å². The Balaban J connectivity index is 1.71. The second-order valence-electron chi connectivity index (χ2n) is 5.27. The van der Waals surface area contributed by atoms with Crippen molar-refractivity contribution in [1.29, 1.82) is 0 Å². The van der Waals surface area contributed by atoms with E-state index in [2.05, 4.69) is 41.5 Å². The zero-order valence-electron chi connectivity index (χ0n) is 12.8. The highest BCUT2D eigenvalue weighted by atomic mass is 35.5. The monoisotopic (exact) mass is 345 g/mol. The van der Waals surface area contributed by atoms with Gasteiger partial charge in [-0.15, -0.1) is 11.3 Å². The van der Waals surface area contributed by atoms with Crippen molar-refractivity contribution >= 4 is 28.8 Å². The van der Waals surface area contributed by atoms with Gasteiger partial charge in [-0.3, -0.25) is 4.79 Å². The van der Waals surface area contributed by atoms with Gasteiger partial charge in [0, 0.05) is 11.9 Å². The number of benzene rings is 1. The molecule has 0 radical (unpaired) electrons. The van der Waals surface area contributed by atoms with Gasteiger partial charge in [-0.1, -0.05) is 29.3 Å². The maximum atomic E-state index is 12.0. The first-order valence-electron chi connectivity index (χ1n) is 7.18. The van der Waals surface area contributed by atoms with Crippen LogP contribution in [0.25, 0.3) is 5.69 Å². The number of aryl methyl sites for hydroxylation is 2. The highest BCUT2D eigenvalue weighted by Crippen LogP contribution is 2.21. The number of imidazole rings is 1. The molecule has 3 rings (SSSR count). The summed E-state index contributed by atoms with van der Waals surface area (Å²) >= 11 is 7.11. The molecule has 0 spiro atoms. The average molecular weight is 346 g/mol. The summed E-state index contributed by atoms with van der Waals surface area (Å²) in [5, 5.41) is 2.87. The minimum atomic E-state index is -0.135. The van der Waals surface area contributed by atoms with Crippen molar-refractivity contribution < 1.29 is 4.79 Å². The van der Waals surface area contributed by atoms with Crippen molar-refractivity contribution in [3.8, 4) is 5.69 Å². The number of carbonyl (C=O) groups is 1. The van der Waals surface area contributed by atoms with Crippen LogP contribution in [0.2, 0.25) is 4.34 Å². The maximum absolute atomic E-state index is 12.0. The molecule has 0 aliphatic heterocycles. The summed E-state index contributed by atoms with van der Waals surface area (Å²) in [6.45, 7) is 4.39. The van der Waals surface area contributed by atoms with Crippen molar-refractivity contribution in [1.82, 2.24) is 14.9 Å². The van der Waals surface area contributed by atoms with E-state index in [1.807, 2.05) is 17.7 Å². The van der Waals surface area contributed by atoms with E-state index in [9.17, 15) is 4.79 Å². The van der Waals surface area contributed by atoms with Crippen LogP contribution in [0.4, 0.5) is 0 Å². The number of amides is 1. The molecule has 118 valence electrons. The summed E-state index contributed by atoms with van der Waals surface area (Å²) in [7, 11) is 0. The zero-order valence-corrected chi connectivity index (χ0v) is 14.4. The molecule has 6 heteroatoms. The minimum absolute atomic E-state index is 0.135. The zero-order chi connectivity index (χ0) is 16.4. The predicted octanol–water partition coefficient (Wildman–Crippen LogP) is 4.13. The van der Waals surface area contributed by atoms with Gasteiger partial charge >= 0.3 is 0 Å². The molecule has 0 saturated carbocycles. The summed E-state index contributed by atoms with van der Waals surface area (Å²) < 4.78 is 2.62. The summed E-state index contributed by atoms with van der Waals surface area (Å²) in [4.78, 5) is 17.1. The number of hydrogen-bond donors (Lipinski definition) is 1. The van der Waals surface area contributed by atoms with Crippen LogP contribution >= 0.6 is 22.9 Å². The van der Waals surface area contributed by atoms with E-state index in [0.717, 1.165) is 17.2 Å². The fourth-order valence-corrected chi connectivity index (χ4v) is 3.24. The molecule has 2 heterocycles. The van der Waals surface area contributed by atoms with Crippen LogP contribution in [0.1, 0.15) is 26.8 Å². The van der Waals surface area contributed by atoms with Crippen LogP contribution < -0.4 is 5.32 Å². The molecule has 0 unspecified atom stereocenters. The Kier molecular flexibility index (Phi) is 4.50. The van der Waals surface area contributed by atoms with Gasteiger partial charge in [0.25, 0.3) is 5.91 Å².